The Labute approximate surface area is 96.4 Å². The van der Waals surface area contributed by atoms with Gasteiger partial charge < -0.3 is 0 Å². The van der Waals surface area contributed by atoms with Gasteiger partial charge in [0.25, 0.3) is 0 Å². The number of alkyl halides is 3. The van der Waals surface area contributed by atoms with Crippen molar-refractivity contribution in [1.29, 1.82) is 0 Å². The first-order chi connectivity index (χ1) is 7.32. The minimum atomic E-state index is -4.35. The van der Waals surface area contributed by atoms with Crippen molar-refractivity contribution in [3.05, 3.63) is 15.9 Å². The Balaban J connectivity index is 2.44. The Kier molecular flexibility index (Phi) is 2.64. The van der Waals surface area contributed by atoms with Gasteiger partial charge in [0.05, 0.1) is 6.04 Å². The number of halogens is 3. The number of aromatic amines is 1. The van der Waals surface area contributed by atoms with Gasteiger partial charge in [0.15, 0.2) is 0 Å². The highest BCUT2D eigenvalue weighted by Crippen LogP contribution is 2.40. The van der Waals surface area contributed by atoms with Crippen molar-refractivity contribution in [2.45, 2.75) is 38.9 Å². The molecule has 1 aromatic rings. The Bertz CT molecular complexity index is 454. The van der Waals surface area contributed by atoms with Crippen LogP contribution in [0.4, 0.5) is 13.2 Å². The molecule has 1 saturated carbocycles. The van der Waals surface area contributed by atoms with E-state index in [9.17, 15) is 13.2 Å². The second-order valence-corrected chi connectivity index (χ2v) is 4.75. The number of rotatable bonds is 2. The number of H-pyrrole nitrogens is 1. The van der Waals surface area contributed by atoms with Crippen molar-refractivity contribution in [1.82, 2.24) is 9.78 Å². The lowest BCUT2D eigenvalue weighted by atomic mass is 10.2. The number of hydrogen-bond acceptors (Lipinski definition) is 1. The van der Waals surface area contributed by atoms with Crippen LogP contribution in [-0.2, 0) is 6.18 Å². The third-order valence-corrected chi connectivity index (χ3v) is 3.64. The summed E-state index contributed by atoms with van der Waals surface area (Å²) in [6.45, 7) is 3.32. The molecule has 6 heteroatoms. The van der Waals surface area contributed by atoms with Crippen LogP contribution in [0, 0.1) is 17.5 Å². The van der Waals surface area contributed by atoms with E-state index in [1.807, 2.05) is 6.92 Å². The molecule has 1 aromatic heterocycles. The molecule has 2 rings (SSSR count). The van der Waals surface area contributed by atoms with Crippen molar-refractivity contribution >= 4 is 12.2 Å². The summed E-state index contributed by atoms with van der Waals surface area (Å²) in [5.41, 5.74) is -0.597. The van der Waals surface area contributed by atoms with Gasteiger partial charge in [-0.05, 0) is 32.6 Å². The molecule has 0 aliphatic heterocycles. The molecule has 1 atom stereocenters. The second kappa shape index (κ2) is 3.61. The molecule has 1 heterocycles. The predicted molar refractivity (Wildman–Crippen MR) is 56.8 cm³/mol. The molecule has 1 aliphatic rings. The maximum absolute atomic E-state index is 12.6. The highest BCUT2D eigenvalue weighted by atomic mass is 32.1. The smallest absolute Gasteiger partial charge is 0.293 e. The van der Waals surface area contributed by atoms with E-state index >= 15 is 0 Å². The van der Waals surface area contributed by atoms with E-state index in [1.165, 1.54) is 11.6 Å². The summed E-state index contributed by atoms with van der Waals surface area (Å²) in [5, 5.41) is 2.40. The first kappa shape index (κ1) is 11.7. The van der Waals surface area contributed by atoms with Gasteiger partial charge in [-0.2, -0.15) is 13.2 Å². The summed E-state index contributed by atoms with van der Waals surface area (Å²) in [7, 11) is 0. The van der Waals surface area contributed by atoms with Gasteiger partial charge in [0.2, 0.25) is 0 Å². The molecule has 90 valence electrons. The molecule has 1 aliphatic carbocycles. The lowest BCUT2D eigenvalue weighted by Crippen LogP contribution is -2.12. The van der Waals surface area contributed by atoms with E-state index < -0.39 is 11.9 Å². The summed E-state index contributed by atoms with van der Waals surface area (Å²) < 4.78 is 39.6. The molecule has 2 nitrogen and oxygen atoms in total. The minimum absolute atomic E-state index is 0.0299. The normalized spacial score (nSPS) is 18.8. The van der Waals surface area contributed by atoms with Crippen LogP contribution in [0.3, 0.4) is 0 Å². The molecular weight excluding hydrogens is 237 g/mol. The molecule has 0 radical (unpaired) electrons. The average Bonchev–Trinajstić information content (AvgIpc) is 2.94. The maximum atomic E-state index is 12.6. The van der Waals surface area contributed by atoms with Crippen LogP contribution < -0.4 is 0 Å². The average molecular weight is 250 g/mol. The number of nitrogens with one attached hydrogen (secondary N) is 1. The fourth-order valence-corrected chi connectivity index (χ4v) is 2.21. The van der Waals surface area contributed by atoms with Crippen molar-refractivity contribution < 1.29 is 13.2 Å². The Morgan fingerprint density at radius 3 is 2.38 bits per heavy atom. The molecule has 0 spiro atoms. The number of aromatic nitrogens is 2. The fraction of sp³-hybridized carbons (Fsp3) is 0.700. The van der Waals surface area contributed by atoms with Crippen LogP contribution in [0.25, 0.3) is 0 Å². The van der Waals surface area contributed by atoms with Crippen molar-refractivity contribution in [3.8, 4) is 0 Å². The van der Waals surface area contributed by atoms with E-state index in [1.54, 1.807) is 0 Å². The maximum Gasteiger partial charge on any atom is 0.433 e. The lowest BCUT2D eigenvalue weighted by Gasteiger charge is -2.12. The zero-order chi connectivity index (χ0) is 12.1. The summed E-state index contributed by atoms with van der Waals surface area (Å²) >= 11 is 5.04. The topological polar surface area (TPSA) is 20.7 Å². The van der Waals surface area contributed by atoms with Gasteiger partial charge >= 0.3 is 6.18 Å². The van der Waals surface area contributed by atoms with Crippen LogP contribution >= 0.6 is 12.2 Å². The van der Waals surface area contributed by atoms with E-state index in [0.29, 0.717) is 5.92 Å². The minimum Gasteiger partial charge on any atom is -0.293 e. The molecule has 0 saturated heterocycles. The first-order valence-corrected chi connectivity index (χ1v) is 5.61. The molecule has 1 unspecified atom stereocenters. The van der Waals surface area contributed by atoms with Crippen LogP contribution in [0.2, 0.25) is 0 Å². The summed E-state index contributed by atoms with van der Waals surface area (Å²) in [4.78, 5) is 0. The predicted octanol–water partition coefficient (Wildman–Crippen LogP) is 3.84. The van der Waals surface area contributed by atoms with Crippen LogP contribution in [0.15, 0.2) is 0 Å². The van der Waals surface area contributed by atoms with E-state index in [0.717, 1.165) is 12.8 Å². The molecule has 16 heavy (non-hydrogen) atoms. The van der Waals surface area contributed by atoms with Crippen LogP contribution in [0.5, 0.6) is 0 Å². The van der Waals surface area contributed by atoms with Crippen molar-refractivity contribution in [3.63, 3.8) is 0 Å². The molecule has 0 bridgehead atoms. The monoisotopic (exact) mass is 250 g/mol. The Hall–Kier alpha value is -0.780. The van der Waals surface area contributed by atoms with Crippen molar-refractivity contribution in [2.24, 2.45) is 5.92 Å². The third-order valence-electron chi connectivity index (χ3n) is 3.14. The zero-order valence-electron chi connectivity index (χ0n) is 9.06. The second-order valence-electron chi connectivity index (χ2n) is 4.36. The lowest BCUT2D eigenvalue weighted by molar-refractivity contribution is -0.142. The molecule has 1 fully saturated rings. The van der Waals surface area contributed by atoms with Gasteiger partial charge in [-0.3, -0.25) is 9.78 Å². The molecular formula is C10H13F3N2S. The molecule has 1 N–H and O–H groups in total. The highest BCUT2D eigenvalue weighted by Gasteiger charge is 2.37. The number of nitrogens with zero attached hydrogens (tertiary/aromatic N) is 1. The van der Waals surface area contributed by atoms with Crippen LogP contribution in [-0.4, -0.2) is 9.78 Å². The first-order valence-electron chi connectivity index (χ1n) is 5.20. The molecule has 0 aromatic carbocycles. The number of hydrogen-bond donors (Lipinski definition) is 1. The van der Waals surface area contributed by atoms with Crippen LogP contribution in [0.1, 0.15) is 37.1 Å². The van der Waals surface area contributed by atoms with Gasteiger partial charge in [-0.15, -0.1) is 0 Å². The third kappa shape index (κ3) is 1.90. The summed E-state index contributed by atoms with van der Waals surface area (Å²) in [5.74, 6) is 0.464. The van der Waals surface area contributed by atoms with E-state index in [2.05, 4.69) is 5.10 Å². The van der Waals surface area contributed by atoms with Gasteiger partial charge in [-0.25, -0.2) is 0 Å². The summed E-state index contributed by atoms with van der Waals surface area (Å²) in [6.07, 6.45) is -2.21. The van der Waals surface area contributed by atoms with Gasteiger partial charge in [0.1, 0.15) is 10.3 Å². The quantitative estimate of drug-likeness (QED) is 0.791. The Morgan fingerprint density at radius 2 is 2.00 bits per heavy atom. The van der Waals surface area contributed by atoms with Gasteiger partial charge in [0, 0.05) is 5.56 Å². The Morgan fingerprint density at radius 1 is 1.44 bits per heavy atom. The highest BCUT2D eigenvalue weighted by molar-refractivity contribution is 7.71. The zero-order valence-corrected chi connectivity index (χ0v) is 9.87. The van der Waals surface area contributed by atoms with Crippen molar-refractivity contribution in [2.75, 3.05) is 0 Å². The fourth-order valence-electron chi connectivity index (χ4n) is 1.89. The van der Waals surface area contributed by atoms with Gasteiger partial charge in [-0.1, -0.05) is 12.2 Å². The standard InChI is InChI=1S/C10H13F3N2S/c1-5-8(10(11,12)13)14-15(9(5)16)6(2)7-3-4-7/h6-7,14H,3-4H2,1-2H3. The van der Waals surface area contributed by atoms with E-state index in [4.69, 9.17) is 12.2 Å². The largest absolute Gasteiger partial charge is 0.433 e. The summed E-state index contributed by atoms with van der Waals surface area (Å²) in [6, 6.07) is 0.0299. The molecule has 0 amide bonds. The SMILES string of the molecule is Cc1c(C(F)(F)F)[nH]n(C(C)C2CC2)c1=S. The van der Waals surface area contributed by atoms with E-state index in [-0.39, 0.29) is 16.2 Å².